The van der Waals surface area contributed by atoms with Crippen LogP contribution < -0.4 is 10.2 Å². The zero-order valence-corrected chi connectivity index (χ0v) is 12.8. The fraction of sp³-hybridized carbons (Fsp3) is 0.500. The summed E-state index contributed by atoms with van der Waals surface area (Å²) in [6.45, 7) is 7.60. The number of para-hydroxylation sites is 1. The summed E-state index contributed by atoms with van der Waals surface area (Å²) < 4.78 is 5.67. The highest BCUT2D eigenvalue weighted by molar-refractivity contribution is 6.03. The second-order valence-corrected chi connectivity index (χ2v) is 5.74. The summed E-state index contributed by atoms with van der Waals surface area (Å²) in [6.07, 6.45) is 0.335. The van der Waals surface area contributed by atoms with Crippen molar-refractivity contribution in [3.05, 3.63) is 29.8 Å². The molecule has 2 rings (SSSR count). The SMILES string of the molecule is CC(=O)c1ccccc1NC(=O)C[NH+]1C[C@@H](C)O[C@@H](C)C1. The number of benzene rings is 1. The Morgan fingerprint density at radius 2 is 1.86 bits per heavy atom. The van der Waals surface area contributed by atoms with Crippen LogP contribution in [0, 0.1) is 0 Å². The molecule has 3 atom stereocenters. The standard InChI is InChI=1S/C16H22N2O3/c1-11-8-18(9-12(2)21-11)10-16(20)17-15-7-5-4-6-14(15)13(3)19/h4-7,11-12H,8-10H2,1-3H3,(H,17,20)/p+1/t11-,12+. The maximum atomic E-state index is 12.2. The molecule has 0 aliphatic carbocycles. The Hall–Kier alpha value is -1.72. The van der Waals surface area contributed by atoms with Gasteiger partial charge in [0.15, 0.2) is 12.3 Å². The maximum absolute atomic E-state index is 12.2. The van der Waals surface area contributed by atoms with E-state index in [-0.39, 0.29) is 23.9 Å². The molecule has 1 fully saturated rings. The summed E-state index contributed by atoms with van der Waals surface area (Å²) in [5.41, 5.74) is 1.13. The molecule has 5 nitrogen and oxygen atoms in total. The number of hydrogen-bond acceptors (Lipinski definition) is 3. The zero-order valence-electron chi connectivity index (χ0n) is 12.8. The molecule has 1 heterocycles. The molecule has 0 spiro atoms. The van der Waals surface area contributed by atoms with E-state index in [4.69, 9.17) is 4.74 Å². The predicted octanol–water partition coefficient (Wildman–Crippen LogP) is 0.520. The molecule has 1 aromatic rings. The monoisotopic (exact) mass is 291 g/mol. The van der Waals surface area contributed by atoms with Crippen LogP contribution in [0.3, 0.4) is 0 Å². The van der Waals surface area contributed by atoms with Crippen molar-refractivity contribution in [3.8, 4) is 0 Å². The number of ether oxygens (including phenoxy) is 1. The molecular weight excluding hydrogens is 268 g/mol. The van der Waals surface area contributed by atoms with Crippen LogP contribution in [0.25, 0.3) is 0 Å². The minimum atomic E-state index is -0.0694. The van der Waals surface area contributed by atoms with E-state index in [1.54, 1.807) is 18.2 Å². The molecule has 1 aliphatic heterocycles. The van der Waals surface area contributed by atoms with Gasteiger partial charge in [-0.3, -0.25) is 9.59 Å². The van der Waals surface area contributed by atoms with Crippen LogP contribution in [0.1, 0.15) is 31.1 Å². The summed E-state index contributed by atoms with van der Waals surface area (Å²) in [5.74, 6) is -0.119. The molecule has 1 amide bonds. The van der Waals surface area contributed by atoms with E-state index >= 15 is 0 Å². The topological polar surface area (TPSA) is 59.8 Å². The third-order valence-electron chi connectivity index (χ3n) is 3.61. The highest BCUT2D eigenvalue weighted by Gasteiger charge is 2.27. The van der Waals surface area contributed by atoms with Crippen LogP contribution in [0.2, 0.25) is 0 Å². The first-order valence-electron chi connectivity index (χ1n) is 7.34. The van der Waals surface area contributed by atoms with Gasteiger partial charge in [-0.05, 0) is 32.9 Å². The molecule has 1 aromatic carbocycles. The molecule has 0 aromatic heterocycles. The largest absolute Gasteiger partial charge is 0.364 e. The molecule has 1 aliphatic rings. The Labute approximate surface area is 125 Å². The van der Waals surface area contributed by atoms with E-state index in [2.05, 4.69) is 5.32 Å². The number of hydrogen-bond donors (Lipinski definition) is 2. The molecule has 5 heteroatoms. The number of carbonyl (C=O) groups is 2. The number of Topliss-reactive ketones (excluding diaryl/α,β-unsaturated/α-hetero) is 1. The van der Waals surface area contributed by atoms with Gasteiger partial charge in [0.05, 0.1) is 5.69 Å². The first-order chi connectivity index (χ1) is 9.95. The van der Waals surface area contributed by atoms with Crippen LogP contribution >= 0.6 is 0 Å². The summed E-state index contributed by atoms with van der Waals surface area (Å²) in [6, 6.07) is 7.09. The Morgan fingerprint density at radius 3 is 2.48 bits per heavy atom. The number of amides is 1. The minimum absolute atomic E-state index is 0.0492. The molecule has 0 bridgehead atoms. The molecule has 21 heavy (non-hydrogen) atoms. The number of ketones is 1. The van der Waals surface area contributed by atoms with Gasteiger partial charge in [-0.15, -0.1) is 0 Å². The van der Waals surface area contributed by atoms with Crippen molar-refractivity contribution in [1.82, 2.24) is 0 Å². The van der Waals surface area contributed by atoms with Crippen molar-refractivity contribution in [3.63, 3.8) is 0 Å². The second-order valence-electron chi connectivity index (χ2n) is 5.74. The average molecular weight is 291 g/mol. The van der Waals surface area contributed by atoms with Crippen molar-refractivity contribution >= 4 is 17.4 Å². The van der Waals surface area contributed by atoms with Crippen molar-refractivity contribution in [2.24, 2.45) is 0 Å². The third-order valence-corrected chi connectivity index (χ3v) is 3.61. The Morgan fingerprint density at radius 1 is 1.24 bits per heavy atom. The van der Waals surface area contributed by atoms with Gasteiger partial charge in [0.2, 0.25) is 0 Å². The number of anilines is 1. The van der Waals surface area contributed by atoms with Gasteiger partial charge < -0.3 is 15.0 Å². The molecule has 0 saturated carbocycles. The highest BCUT2D eigenvalue weighted by atomic mass is 16.5. The highest BCUT2D eigenvalue weighted by Crippen LogP contribution is 2.15. The van der Waals surface area contributed by atoms with Gasteiger partial charge in [0.1, 0.15) is 25.3 Å². The minimum Gasteiger partial charge on any atom is -0.364 e. The molecule has 1 unspecified atom stereocenters. The van der Waals surface area contributed by atoms with E-state index in [1.807, 2.05) is 19.9 Å². The smallest absolute Gasteiger partial charge is 0.279 e. The van der Waals surface area contributed by atoms with Gasteiger partial charge in [0, 0.05) is 5.56 Å². The number of rotatable bonds is 4. The van der Waals surface area contributed by atoms with E-state index in [0.717, 1.165) is 13.1 Å². The Balaban J connectivity index is 1.97. The summed E-state index contributed by atoms with van der Waals surface area (Å²) in [7, 11) is 0. The lowest BCUT2D eigenvalue weighted by atomic mass is 10.1. The lowest BCUT2D eigenvalue weighted by molar-refractivity contribution is -0.907. The molecule has 114 valence electrons. The van der Waals surface area contributed by atoms with Crippen LogP contribution in [-0.4, -0.2) is 43.5 Å². The predicted molar refractivity (Wildman–Crippen MR) is 80.6 cm³/mol. The van der Waals surface area contributed by atoms with E-state index in [1.165, 1.54) is 11.8 Å². The Kier molecular flexibility index (Phi) is 5.09. The third kappa shape index (κ3) is 4.37. The first-order valence-corrected chi connectivity index (χ1v) is 7.34. The maximum Gasteiger partial charge on any atom is 0.279 e. The first kappa shape index (κ1) is 15.7. The zero-order chi connectivity index (χ0) is 15.4. The van der Waals surface area contributed by atoms with Crippen molar-refractivity contribution in [2.75, 3.05) is 25.0 Å². The number of nitrogens with one attached hydrogen (secondary N) is 2. The molecule has 0 radical (unpaired) electrons. The number of morpholine rings is 1. The second kappa shape index (κ2) is 6.83. The van der Waals surface area contributed by atoms with E-state index in [9.17, 15) is 9.59 Å². The van der Waals surface area contributed by atoms with Gasteiger partial charge in [-0.2, -0.15) is 0 Å². The van der Waals surface area contributed by atoms with Crippen LogP contribution in [0.4, 0.5) is 5.69 Å². The lowest BCUT2D eigenvalue weighted by Gasteiger charge is -2.31. The van der Waals surface area contributed by atoms with Crippen molar-refractivity contribution in [1.29, 1.82) is 0 Å². The normalized spacial score (nSPS) is 25.4. The van der Waals surface area contributed by atoms with Crippen LogP contribution in [0.15, 0.2) is 24.3 Å². The van der Waals surface area contributed by atoms with Crippen LogP contribution in [0.5, 0.6) is 0 Å². The van der Waals surface area contributed by atoms with Crippen molar-refractivity contribution in [2.45, 2.75) is 33.0 Å². The summed E-state index contributed by atoms with van der Waals surface area (Å²) >= 11 is 0. The van der Waals surface area contributed by atoms with Crippen molar-refractivity contribution < 1.29 is 19.2 Å². The quantitative estimate of drug-likeness (QED) is 0.795. The number of carbonyl (C=O) groups excluding carboxylic acids is 2. The van der Waals surface area contributed by atoms with Gasteiger partial charge in [-0.1, -0.05) is 12.1 Å². The van der Waals surface area contributed by atoms with Crippen LogP contribution in [-0.2, 0) is 9.53 Å². The van der Waals surface area contributed by atoms with E-state index in [0.29, 0.717) is 17.8 Å². The number of quaternary nitrogens is 1. The Bertz CT molecular complexity index is 520. The average Bonchev–Trinajstić information content (AvgIpc) is 2.37. The molecule has 1 saturated heterocycles. The fourth-order valence-electron chi connectivity index (χ4n) is 2.85. The molecular formula is C16H23N2O3+. The summed E-state index contributed by atoms with van der Waals surface area (Å²) in [5, 5.41) is 2.85. The van der Waals surface area contributed by atoms with Gasteiger partial charge >= 0.3 is 0 Å². The van der Waals surface area contributed by atoms with Gasteiger partial charge in [-0.25, -0.2) is 0 Å². The fourth-order valence-corrected chi connectivity index (χ4v) is 2.85. The summed E-state index contributed by atoms with van der Waals surface area (Å²) in [4.78, 5) is 24.9. The van der Waals surface area contributed by atoms with E-state index < -0.39 is 0 Å². The molecule has 2 N–H and O–H groups in total. The lowest BCUT2D eigenvalue weighted by Crippen LogP contribution is -3.16. The van der Waals surface area contributed by atoms with Gasteiger partial charge in [0.25, 0.3) is 5.91 Å².